The second-order valence-electron chi connectivity index (χ2n) is 7.12. The topological polar surface area (TPSA) is 84.0 Å². The summed E-state index contributed by atoms with van der Waals surface area (Å²) in [7, 11) is 0. The number of anilines is 1. The third-order valence-electron chi connectivity index (χ3n) is 4.61. The van der Waals surface area contributed by atoms with Crippen LogP contribution >= 0.6 is 24.0 Å². The Kier molecular flexibility index (Phi) is 11.1. The molecule has 0 saturated heterocycles. The van der Waals surface area contributed by atoms with Crippen molar-refractivity contribution in [3.63, 3.8) is 0 Å². The largest absolute Gasteiger partial charge is 0.490 e. The summed E-state index contributed by atoms with van der Waals surface area (Å²) >= 11 is 0. The predicted octanol–water partition coefficient (Wildman–Crippen LogP) is 3.73. The summed E-state index contributed by atoms with van der Waals surface area (Å²) in [5, 5.41) is 9.16. The number of aliphatic imine (C=N–C) groups is 1. The summed E-state index contributed by atoms with van der Waals surface area (Å²) in [6, 6.07) is 12.2. The van der Waals surface area contributed by atoms with Gasteiger partial charge in [0.2, 0.25) is 5.91 Å². The maximum Gasteiger partial charge on any atom is 0.241 e. The number of benzene rings is 2. The standard InChI is InChI=1S/C23H29FN4O3.HI/c1-2-11-25-22(29)16-27-23(26-12-10-17-6-3-4-7-19(17)24)28-18-8-9-20-21(15-18)31-14-5-13-30-20;/h3-4,6-9,15H,2,5,10-14,16H2,1H3,(H,25,29)(H2,26,27,28);1H. The molecule has 0 saturated carbocycles. The average molecular weight is 556 g/mol. The van der Waals surface area contributed by atoms with Crippen LogP contribution in [0.2, 0.25) is 0 Å². The summed E-state index contributed by atoms with van der Waals surface area (Å²) in [5.41, 5.74) is 1.36. The van der Waals surface area contributed by atoms with Gasteiger partial charge in [0.1, 0.15) is 12.4 Å². The fourth-order valence-corrected chi connectivity index (χ4v) is 3.01. The van der Waals surface area contributed by atoms with Gasteiger partial charge in [-0.05, 0) is 36.6 Å². The Balaban J connectivity index is 0.00000363. The highest BCUT2D eigenvalue weighted by atomic mass is 127. The van der Waals surface area contributed by atoms with Gasteiger partial charge in [0.05, 0.1) is 13.2 Å². The van der Waals surface area contributed by atoms with E-state index in [9.17, 15) is 9.18 Å². The molecule has 0 atom stereocenters. The summed E-state index contributed by atoms with van der Waals surface area (Å²) < 4.78 is 25.3. The van der Waals surface area contributed by atoms with Gasteiger partial charge in [-0.25, -0.2) is 9.38 Å². The summed E-state index contributed by atoms with van der Waals surface area (Å²) in [6.45, 7) is 4.26. The Hall–Kier alpha value is -2.56. The number of guanidine groups is 1. The number of hydrogen-bond acceptors (Lipinski definition) is 4. The van der Waals surface area contributed by atoms with Crippen LogP contribution in [0.4, 0.5) is 10.1 Å². The molecule has 0 aliphatic carbocycles. The molecular weight excluding hydrogens is 526 g/mol. The first-order chi connectivity index (χ1) is 15.2. The number of halogens is 2. The van der Waals surface area contributed by atoms with Gasteiger partial charge in [0.25, 0.3) is 0 Å². The smallest absolute Gasteiger partial charge is 0.241 e. The maximum atomic E-state index is 13.9. The third-order valence-corrected chi connectivity index (χ3v) is 4.61. The van der Waals surface area contributed by atoms with E-state index in [1.807, 2.05) is 31.2 Å². The van der Waals surface area contributed by atoms with Gasteiger partial charge >= 0.3 is 0 Å². The van der Waals surface area contributed by atoms with E-state index < -0.39 is 0 Å². The highest BCUT2D eigenvalue weighted by molar-refractivity contribution is 14.0. The van der Waals surface area contributed by atoms with Gasteiger partial charge in [0.15, 0.2) is 17.5 Å². The van der Waals surface area contributed by atoms with Crippen LogP contribution in [0, 0.1) is 5.82 Å². The van der Waals surface area contributed by atoms with Crippen molar-refractivity contribution in [1.82, 2.24) is 10.6 Å². The first-order valence-corrected chi connectivity index (χ1v) is 10.6. The maximum absolute atomic E-state index is 13.9. The van der Waals surface area contributed by atoms with Crippen LogP contribution in [-0.4, -0.2) is 44.7 Å². The normalized spacial score (nSPS) is 12.9. The lowest BCUT2D eigenvalue weighted by molar-refractivity contribution is -0.119. The second-order valence-corrected chi connectivity index (χ2v) is 7.12. The summed E-state index contributed by atoms with van der Waals surface area (Å²) in [5.74, 6) is 1.40. The zero-order valence-electron chi connectivity index (χ0n) is 18.2. The van der Waals surface area contributed by atoms with Gasteiger partial charge in [-0.3, -0.25) is 4.79 Å². The number of nitrogens with one attached hydrogen (secondary N) is 3. The van der Waals surface area contributed by atoms with Crippen LogP contribution in [0.15, 0.2) is 47.5 Å². The molecule has 1 heterocycles. The van der Waals surface area contributed by atoms with Gasteiger partial charge < -0.3 is 25.4 Å². The number of nitrogens with zero attached hydrogens (tertiary/aromatic N) is 1. The van der Waals surface area contributed by atoms with Crippen molar-refractivity contribution in [3.8, 4) is 11.5 Å². The molecule has 1 amide bonds. The van der Waals surface area contributed by atoms with E-state index in [-0.39, 0.29) is 42.2 Å². The van der Waals surface area contributed by atoms with Gasteiger partial charge in [0, 0.05) is 31.3 Å². The first-order valence-electron chi connectivity index (χ1n) is 10.6. The van der Waals surface area contributed by atoms with E-state index in [0.717, 1.165) is 18.5 Å². The second kappa shape index (κ2) is 13.8. The van der Waals surface area contributed by atoms with E-state index in [1.165, 1.54) is 6.07 Å². The lowest BCUT2D eigenvalue weighted by Crippen LogP contribution is -2.34. The molecule has 3 N–H and O–H groups in total. The average Bonchev–Trinajstić information content (AvgIpc) is 3.02. The minimum atomic E-state index is -0.238. The molecule has 1 aliphatic rings. The van der Waals surface area contributed by atoms with Crippen molar-refractivity contribution in [2.75, 3.05) is 38.2 Å². The number of ether oxygens (including phenoxy) is 2. The summed E-state index contributed by atoms with van der Waals surface area (Å²) in [6.07, 6.45) is 2.17. The van der Waals surface area contributed by atoms with Gasteiger partial charge in [-0.15, -0.1) is 24.0 Å². The number of fused-ring (bicyclic) bond motifs is 1. The van der Waals surface area contributed by atoms with Crippen LogP contribution in [0.5, 0.6) is 11.5 Å². The molecule has 32 heavy (non-hydrogen) atoms. The van der Waals surface area contributed by atoms with E-state index in [4.69, 9.17) is 9.47 Å². The molecule has 2 aromatic rings. The molecule has 7 nitrogen and oxygen atoms in total. The Morgan fingerprint density at radius 3 is 2.62 bits per heavy atom. The van der Waals surface area contributed by atoms with Crippen LogP contribution in [-0.2, 0) is 11.2 Å². The summed E-state index contributed by atoms with van der Waals surface area (Å²) in [4.78, 5) is 16.3. The SMILES string of the molecule is CCCNC(=O)CN=C(NCCc1ccccc1F)Nc1ccc2c(c1)OCCCO2.I. The molecule has 2 aromatic carbocycles. The Morgan fingerprint density at radius 1 is 1.06 bits per heavy atom. The number of amides is 1. The molecule has 9 heteroatoms. The highest BCUT2D eigenvalue weighted by Gasteiger charge is 2.12. The van der Waals surface area contributed by atoms with Crippen molar-refractivity contribution >= 4 is 41.5 Å². The molecule has 1 aliphatic heterocycles. The highest BCUT2D eigenvalue weighted by Crippen LogP contribution is 2.32. The molecule has 0 radical (unpaired) electrons. The lowest BCUT2D eigenvalue weighted by Gasteiger charge is -2.15. The molecule has 3 rings (SSSR count). The fourth-order valence-electron chi connectivity index (χ4n) is 3.01. The molecule has 0 fully saturated rings. The minimum Gasteiger partial charge on any atom is -0.490 e. The zero-order chi connectivity index (χ0) is 21.9. The Morgan fingerprint density at radius 2 is 1.84 bits per heavy atom. The number of carbonyl (C=O) groups is 1. The number of rotatable bonds is 8. The lowest BCUT2D eigenvalue weighted by atomic mass is 10.1. The van der Waals surface area contributed by atoms with Crippen LogP contribution in [0.3, 0.4) is 0 Å². The number of hydrogen-bond donors (Lipinski definition) is 3. The van der Waals surface area contributed by atoms with Crippen LogP contribution < -0.4 is 25.4 Å². The molecule has 174 valence electrons. The molecule has 0 spiro atoms. The van der Waals surface area contributed by atoms with Crippen LogP contribution in [0.1, 0.15) is 25.3 Å². The minimum absolute atomic E-state index is 0. The van der Waals surface area contributed by atoms with E-state index in [1.54, 1.807) is 12.1 Å². The van der Waals surface area contributed by atoms with E-state index in [2.05, 4.69) is 20.9 Å². The first kappa shape index (κ1) is 25.7. The monoisotopic (exact) mass is 556 g/mol. The van der Waals surface area contributed by atoms with E-state index in [0.29, 0.717) is 55.7 Å². The van der Waals surface area contributed by atoms with Crippen molar-refractivity contribution in [2.45, 2.75) is 26.2 Å². The number of carbonyl (C=O) groups excluding carboxylic acids is 1. The Bertz CT molecular complexity index is 911. The third kappa shape index (κ3) is 8.18. The molecule has 0 aromatic heterocycles. The molecule has 0 unspecified atom stereocenters. The van der Waals surface area contributed by atoms with Gasteiger partial charge in [-0.2, -0.15) is 0 Å². The van der Waals surface area contributed by atoms with E-state index >= 15 is 0 Å². The molecule has 0 bridgehead atoms. The predicted molar refractivity (Wildman–Crippen MR) is 135 cm³/mol. The van der Waals surface area contributed by atoms with Gasteiger partial charge in [-0.1, -0.05) is 25.1 Å². The van der Waals surface area contributed by atoms with Crippen molar-refractivity contribution in [1.29, 1.82) is 0 Å². The van der Waals surface area contributed by atoms with Crippen molar-refractivity contribution in [2.24, 2.45) is 4.99 Å². The quantitative estimate of drug-likeness (QED) is 0.262. The van der Waals surface area contributed by atoms with Crippen molar-refractivity contribution < 1.29 is 18.7 Å². The van der Waals surface area contributed by atoms with Crippen molar-refractivity contribution in [3.05, 3.63) is 53.8 Å². The van der Waals surface area contributed by atoms with Crippen LogP contribution in [0.25, 0.3) is 0 Å². The fraction of sp³-hybridized carbons (Fsp3) is 0.391. The Labute approximate surface area is 205 Å². The molecular formula is C23H30FIN4O3. The zero-order valence-corrected chi connectivity index (χ0v) is 20.5.